The van der Waals surface area contributed by atoms with E-state index in [0.717, 1.165) is 0 Å². The van der Waals surface area contributed by atoms with Crippen LogP contribution in [0.25, 0.3) is 16.7 Å². The van der Waals surface area contributed by atoms with Crippen molar-refractivity contribution in [3.63, 3.8) is 0 Å². The lowest BCUT2D eigenvalue weighted by molar-refractivity contribution is 0.102. The Morgan fingerprint density at radius 2 is 1.78 bits per heavy atom. The molecule has 5 rings (SSSR count). The van der Waals surface area contributed by atoms with Gasteiger partial charge in [-0.25, -0.2) is 14.6 Å². The normalized spacial score (nSPS) is 11.2. The number of carbonyl (C=O) groups excluding carboxylic acids is 2. The van der Waals surface area contributed by atoms with Crippen LogP contribution >= 0.6 is 0 Å². The van der Waals surface area contributed by atoms with Crippen LogP contribution in [0.15, 0.2) is 89.5 Å². The average Bonchev–Trinajstić information content (AvgIpc) is 3.36. The number of hydrogen-bond donors (Lipinski definition) is 3. The SMILES string of the molecule is O=Cc1cn(-c2ncccn2)nc1/N=N/c1c(O)c(C(=O)Nc2ccc(CO)cc2)cc2ccccc12. The number of aromatic nitrogens is 4. The number of aldehydes is 1. The number of nitrogens with one attached hydrogen (secondary N) is 1. The second-order valence-electron chi connectivity index (χ2n) is 7.87. The van der Waals surface area contributed by atoms with Gasteiger partial charge in [-0.15, -0.1) is 15.3 Å². The van der Waals surface area contributed by atoms with Gasteiger partial charge in [0.25, 0.3) is 11.9 Å². The molecule has 0 fully saturated rings. The Balaban J connectivity index is 1.53. The van der Waals surface area contributed by atoms with Gasteiger partial charge in [-0.05, 0) is 35.2 Å². The summed E-state index contributed by atoms with van der Waals surface area (Å²) in [5, 5.41) is 36.7. The molecular formula is C26H19N7O4. The average molecular weight is 493 g/mol. The van der Waals surface area contributed by atoms with E-state index in [9.17, 15) is 19.8 Å². The molecule has 5 aromatic rings. The lowest BCUT2D eigenvalue weighted by Gasteiger charge is -2.11. The molecule has 0 bridgehead atoms. The third-order valence-corrected chi connectivity index (χ3v) is 5.48. The molecule has 11 heteroatoms. The summed E-state index contributed by atoms with van der Waals surface area (Å²) in [4.78, 5) is 32.8. The zero-order chi connectivity index (χ0) is 25.8. The number of phenolic OH excluding ortho intramolecular Hbond substituents is 1. The summed E-state index contributed by atoms with van der Waals surface area (Å²) in [6.45, 7) is -0.115. The Morgan fingerprint density at radius 3 is 2.51 bits per heavy atom. The number of phenols is 1. The molecular weight excluding hydrogens is 474 g/mol. The van der Waals surface area contributed by atoms with Crippen molar-refractivity contribution >= 4 is 40.2 Å². The van der Waals surface area contributed by atoms with E-state index in [1.165, 1.54) is 23.3 Å². The van der Waals surface area contributed by atoms with Gasteiger partial charge in [0, 0.05) is 29.7 Å². The number of aliphatic hydroxyl groups is 1. The smallest absolute Gasteiger partial charge is 0.259 e. The van der Waals surface area contributed by atoms with Crippen LogP contribution in [0.5, 0.6) is 5.75 Å². The predicted molar refractivity (Wildman–Crippen MR) is 135 cm³/mol. The number of aromatic hydroxyl groups is 1. The molecule has 0 radical (unpaired) electrons. The molecule has 0 aliphatic rings. The molecule has 3 aromatic carbocycles. The number of carbonyl (C=O) groups is 2. The lowest BCUT2D eigenvalue weighted by atomic mass is 10.0. The standard InChI is InChI=1S/C26H19N7O4/c34-14-16-6-8-19(9-7-16)29-25(37)21-12-17-4-1-2-5-20(17)22(23(21)36)30-31-24-18(15-35)13-33(32-24)26-27-10-3-11-28-26/h1-13,15,34,36H,14H2,(H,29,37)/b31-30+. The Kier molecular flexibility index (Phi) is 6.43. The van der Waals surface area contributed by atoms with Gasteiger partial charge < -0.3 is 15.5 Å². The summed E-state index contributed by atoms with van der Waals surface area (Å²) in [5.41, 5.74) is 1.35. The molecule has 0 atom stereocenters. The van der Waals surface area contributed by atoms with Gasteiger partial charge in [-0.2, -0.15) is 0 Å². The quantitative estimate of drug-likeness (QED) is 0.223. The second kappa shape index (κ2) is 10.1. The van der Waals surface area contributed by atoms with Gasteiger partial charge >= 0.3 is 0 Å². The molecule has 37 heavy (non-hydrogen) atoms. The van der Waals surface area contributed by atoms with E-state index in [0.29, 0.717) is 28.3 Å². The third-order valence-electron chi connectivity index (χ3n) is 5.48. The molecule has 0 spiro atoms. The fraction of sp³-hybridized carbons (Fsp3) is 0.0385. The summed E-state index contributed by atoms with van der Waals surface area (Å²) in [5.74, 6) is -0.711. The van der Waals surface area contributed by atoms with E-state index in [4.69, 9.17) is 0 Å². The van der Waals surface area contributed by atoms with Gasteiger partial charge in [0.05, 0.1) is 17.7 Å². The monoisotopic (exact) mass is 493 g/mol. The van der Waals surface area contributed by atoms with E-state index >= 15 is 0 Å². The summed E-state index contributed by atoms with van der Waals surface area (Å²) in [7, 11) is 0. The topological polar surface area (TPSA) is 155 Å². The van der Waals surface area contributed by atoms with E-state index in [-0.39, 0.29) is 40.9 Å². The van der Waals surface area contributed by atoms with Crippen molar-refractivity contribution in [2.24, 2.45) is 10.2 Å². The third kappa shape index (κ3) is 4.79. The highest BCUT2D eigenvalue weighted by atomic mass is 16.3. The fourth-order valence-electron chi connectivity index (χ4n) is 3.63. The number of anilines is 1. The van der Waals surface area contributed by atoms with Crippen molar-refractivity contribution in [3.05, 3.63) is 95.9 Å². The number of hydrogen-bond acceptors (Lipinski definition) is 9. The molecule has 0 aliphatic heterocycles. The first kappa shape index (κ1) is 23.5. The Hall–Kier alpha value is -5.29. The van der Waals surface area contributed by atoms with Gasteiger partial charge in [-0.3, -0.25) is 9.59 Å². The van der Waals surface area contributed by atoms with E-state index in [2.05, 4.69) is 30.6 Å². The van der Waals surface area contributed by atoms with E-state index < -0.39 is 5.91 Å². The highest BCUT2D eigenvalue weighted by Crippen LogP contribution is 2.39. The molecule has 1 amide bonds. The van der Waals surface area contributed by atoms with Crippen molar-refractivity contribution in [2.45, 2.75) is 6.61 Å². The largest absolute Gasteiger partial charge is 0.505 e. The molecule has 11 nitrogen and oxygen atoms in total. The highest BCUT2D eigenvalue weighted by molar-refractivity contribution is 6.11. The zero-order valence-electron chi connectivity index (χ0n) is 19.2. The van der Waals surface area contributed by atoms with Gasteiger partial charge in [0.2, 0.25) is 5.82 Å². The van der Waals surface area contributed by atoms with Crippen molar-refractivity contribution in [1.29, 1.82) is 0 Å². The van der Waals surface area contributed by atoms with Crippen molar-refractivity contribution in [1.82, 2.24) is 19.7 Å². The van der Waals surface area contributed by atoms with Crippen molar-refractivity contribution in [3.8, 4) is 11.7 Å². The maximum Gasteiger partial charge on any atom is 0.259 e. The number of nitrogens with zero attached hydrogens (tertiary/aromatic N) is 6. The lowest BCUT2D eigenvalue weighted by Crippen LogP contribution is -2.12. The molecule has 3 N–H and O–H groups in total. The van der Waals surface area contributed by atoms with Gasteiger partial charge in [0.1, 0.15) is 5.69 Å². The first-order valence-corrected chi connectivity index (χ1v) is 11.1. The predicted octanol–water partition coefficient (Wildman–Crippen LogP) is 4.49. The van der Waals surface area contributed by atoms with E-state index in [1.54, 1.807) is 60.7 Å². The molecule has 182 valence electrons. The summed E-state index contributed by atoms with van der Waals surface area (Å²) in [6, 6.07) is 16.9. The molecule has 0 unspecified atom stereocenters. The maximum atomic E-state index is 13.1. The number of rotatable bonds is 7. The summed E-state index contributed by atoms with van der Waals surface area (Å²) < 4.78 is 1.29. The second-order valence-corrected chi connectivity index (χ2v) is 7.87. The maximum absolute atomic E-state index is 13.1. The summed E-state index contributed by atoms with van der Waals surface area (Å²) in [6.07, 6.45) is 5.06. The van der Waals surface area contributed by atoms with Crippen LogP contribution in [-0.4, -0.2) is 42.2 Å². The van der Waals surface area contributed by atoms with Crippen LogP contribution in [0.3, 0.4) is 0 Å². The molecule has 0 saturated carbocycles. The number of amides is 1. The Labute approximate surface area is 209 Å². The van der Waals surface area contributed by atoms with Crippen LogP contribution in [0.4, 0.5) is 17.2 Å². The summed E-state index contributed by atoms with van der Waals surface area (Å²) >= 11 is 0. The Morgan fingerprint density at radius 1 is 1.03 bits per heavy atom. The van der Waals surface area contributed by atoms with Gasteiger partial charge in [0.15, 0.2) is 12.0 Å². The van der Waals surface area contributed by atoms with Crippen LogP contribution in [0, 0.1) is 0 Å². The van der Waals surface area contributed by atoms with E-state index in [1.807, 2.05) is 0 Å². The minimum atomic E-state index is -0.560. The minimum Gasteiger partial charge on any atom is -0.505 e. The van der Waals surface area contributed by atoms with Crippen LogP contribution < -0.4 is 5.32 Å². The minimum absolute atomic E-state index is 0.00948. The van der Waals surface area contributed by atoms with Crippen LogP contribution in [-0.2, 0) is 6.61 Å². The number of benzene rings is 3. The number of azo groups is 1. The van der Waals surface area contributed by atoms with Crippen molar-refractivity contribution < 1.29 is 19.8 Å². The fourth-order valence-corrected chi connectivity index (χ4v) is 3.63. The molecule has 2 aromatic heterocycles. The highest BCUT2D eigenvalue weighted by Gasteiger charge is 2.19. The van der Waals surface area contributed by atoms with Gasteiger partial charge in [-0.1, -0.05) is 36.4 Å². The number of fused-ring (bicyclic) bond motifs is 1. The Bertz CT molecular complexity index is 1630. The molecule has 2 heterocycles. The first-order valence-electron chi connectivity index (χ1n) is 11.1. The number of aliphatic hydroxyl groups excluding tert-OH is 1. The zero-order valence-corrected chi connectivity index (χ0v) is 19.2. The molecule has 0 saturated heterocycles. The first-order chi connectivity index (χ1) is 18.1. The molecule has 0 aliphatic carbocycles. The van der Waals surface area contributed by atoms with Crippen LogP contribution in [0.1, 0.15) is 26.3 Å². The van der Waals surface area contributed by atoms with Crippen LogP contribution in [0.2, 0.25) is 0 Å². The van der Waals surface area contributed by atoms with Crippen molar-refractivity contribution in [2.75, 3.05) is 5.32 Å².